The molecule has 2 N–H and O–H groups in total. The van der Waals surface area contributed by atoms with Crippen LogP contribution in [0.2, 0.25) is 0 Å². The zero-order chi connectivity index (χ0) is 12.9. The number of nitrogens with zero attached hydrogens (tertiary/aromatic N) is 1. The standard InChI is InChI=1S/C12H20N2O2S/c1-3-8-14(9-4-2)17(15,16)12-7-5-6-11(13)10-12/h5-7,10H,3-4,8-9,13H2,1-2H3. The minimum atomic E-state index is -3.39. The highest BCUT2D eigenvalue weighted by atomic mass is 32.2. The summed E-state index contributed by atoms with van der Waals surface area (Å²) in [6.45, 7) is 5.03. The number of sulfonamides is 1. The van der Waals surface area contributed by atoms with Gasteiger partial charge >= 0.3 is 0 Å². The van der Waals surface area contributed by atoms with E-state index in [2.05, 4.69) is 0 Å². The van der Waals surface area contributed by atoms with Crippen molar-refractivity contribution >= 4 is 15.7 Å². The lowest BCUT2D eigenvalue weighted by Crippen LogP contribution is -2.32. The molecule has 0 aliphatic heterocycles. The molecule has 1 aromatic carbocycles. The topological polar surface area (TPSA) is 63.4 Å². The molecule has 0 fully saturated rings. The first-order valence-corrected chi connectivity index (χ1v) is 7.32. The molecule has 0 bridgehead atoms. The molecule has 1 rings (SSSR count). The van der Waals surface area contributed by atoms with Gasteiger partial charge in [-0.3, -0.25) is 0 Å². The van der Waals surface area contributed by atoms with Gasteiger partial charge in [0, 0.05) is 18.8 Å². The van der Waals surface area contributed by atoms with E-state index in [1.54, 1.807) is 18.2 Å². The van der Waals surface area contributed by atoms with E-state index in [0.29, 0.717) is 18.8 Å². The Balaban J connectivity index is 3.07. The van der Waals surface area contributed by atoms with Gasteiger partial charge in [0.1, 0.15) is 0 Å². The van der Waals surface area contributed by atoms with Crippen LogP contribution in [0.3, 0.4) is 0 Å². The van der Waals surface area contributed by atoms with Crippen molar-refractivity contribution in [2.24, 2.45) is 0 Å². The van der Waals surface area contributed by atoms with Crippen molar-refractivity contribution in [2.75, 3.05) is 18.8 Å². The molecule has 0 aliphatic rings. The molecule has 96 valence electrons. The summed E-state index contributed by atoms with van der Waals surface area (Å²) in [5.41, 5.74) is 6.09. The molecule has 0 saturated heterocycles. The lowest BCUT2D eigenvalue weighted by atomic mass is 10.3. The second-order valence-electron chi connectivity index (χ2n) is 3.98. The second kappa shape index (κ2) is 6.02. The fourth-order valence-corrected chi connectivity index (χ4v) is 3.35. The maximum atomic E-state index is 12.3. The molecule has 0 atom stereocenters. The van der Waals surface area contributed by atoms with E-state index in [4.69, 9.17) is 5.73 Å². The van der Waals surface area contributed by atoms with E-state index < -0.39 is 10.0 Å². The summed E-state index contributed by atoms with van der Waals surface area (Å²) in [7, 11) is -3.39. The second-order valence-corrected chi connectivity index (χ2v) is 5.91. The lowest BCUT2D eigenvalue weighted by molar-refractivity contribution is 0.410. The van der Waals surface area contributed by atoms with Gasteiger partial charge in [-0.2, -0.15) is 4.31 Å². The molecule has 0 spiro atoms. The van der Waals surface area contributed by atoms with Gasteiger partial charge in [-0.25, -0.2) is 8.42 Å². The summed E-state index contributed by atoms with van der Waals surface area (Å²) < 4.78 is 26.2. The Morgan fingerprint density at radius 2 is 1.76 bits per heavy atom. The molecule has 1 aromatic rings. The summed E-state index contributed by atoms with van der Waals surface area (Å²) in [5.74, 6) is 0. The van der Waals surface area contributed by atoms with Crippen LogP contribution in [0.15, 0.2) is 29.2 Å². The molecule has 0 aromatic heterocycles. The van der Waals surface area contributed by atoms with Crippen LogP contribution in [0.4, 0.5) is 5.69 Å². The molecule has 4 nitrogen and oxygen atoms in total. The van der Waals surface area contributed by atoms with Crippen molar-refractivity contribution in [2.45, 2.75) is 31.6 Å². The fourth-order valence-electron chi connectivity index (χ4n) is 1.68. The van der Waals surface area contributed by atoms with Crippen molar-refractivity contribution in [3.63, 3.8) is 0 Å². The SMILES string of the molecule is CCCN(CCC)S(=O)(=O)c1cccc(N)c1. The van der Waals surface area contributed by atoms with Crippen molar-refractivity contribution < 1.29 is 8.42 Å². The van der Waals surface area contributed by atoms with E-state index in [9.17, 15) is 8.42 Å². The first kappa shape index (κ1) is 14.0. The van der Waals surface area contributed by atoms with Crippen LogP contribution < -0.4 is 5.73 Å². The molecule has 5 heteroatoms. The molecular weight excluding hydrogens is 236 g/mol. The normalized spacial score (nSPS) is 11.9. The molecule has 0 aliphatic carbocycles. The van der Waals surface area contributed by atoms with E-state index in [-0.39, 0.29) is 4.90 Å². The Kier molecular flexibility index (Phi) is 4.96. The summed E-state index contributed by atoms with van der Waals surface area (Å²) in [6.07, 6.45) is 1.61. The van der Waals surface area contributed by atoms with Crippen molar-refractivity contribution in [3.8, 4) is 0 Å². The first-order chi connectivity index (χ1) is 8.02. The summed E-state index contributed by atoms with van der Waals surface area (Å²) in [4.78, 5) is 0.277. The van der Waals surface area contributed by atoms with Crippen molar-refractivity contribution in [1.29, 1.82) is 0 Å². The number of hydrogen-bond acceptors (Lipinski definition) is 3. The number of anilines is 1. The van der Waals surface area contributed by atoms with E-state index in [0.717, 1.165) is 12.8 Å². The minimum Gasteiger partial charge on any atom is -0.399 e. The smallest absolute Gasteiger partial charge is 0.243 e. The van der Waals surface area contributed by atoms with Gasteiger partial charge in [0.05, 0.1) is 4.90 Å². The van der Waals surface area contributed by atoms with Gasteiger partial charge in [0.15, 0.2) is 0 Å². The highest BCUT2D eigenvalue weighted by Crippen LogP contribution is 2.18. The van der Waals surface area contributed by atoms with Crippen LogP contribution >= 0.6 is 0 Å². The third-order valence-electron chi connectivity index (χ3n) is 2.44. The van der Waals surface area contributed by atoms with Crippen LogP contribution in [-0.4, -0.2) is 25.8 Å². The summed E-state index contributed by atoms with van der Waals surface area (Å²) in [6, 6.07) is 6.44. The molecule has 0 saturated carbocycles. The summed E-state index contributed by atoms with van der Waals surface area (Å²) >= 11 is 0. The molecule has 0 unspecified atom stereocenters. The highest BCUT2D eigenvalue weighted by molar-refractivity contribution is 7.89. The number of rotatable bonds is 6. The Morgan fingerprint density at radius 3 is 2.24 bits per heavy atom. The number of nitrogen functional groups attached to an aromatic ring is 1. The van der Waals surface area contributed by atoms with E-state index in [1.807, 2.05) is 13.8 Å². The molecule has 17 heavy (non-hydrogen) atoms. The molecule has 0 amide bonds. The maximum absolute atomic E-state index is 12.3. The summed E-state index contributed by atoms with van der Waals surface area (Å²) in [5, 5.41) is 0. The van der Waals surface area contributed by atoms with Crippen LogP contribution in [-0.2, 0) is 10.0 Å². The van der Waals surface area contributed by atoms with Gasteiger partial charge in [0.2, 0.25) is 10.0 Å². The monoisotopic (exact) mass is 256 g/mol. The zero-order valence-electron chi connectivity index (χ0n) is 10.4. The average molecular weight is 256 g/mol. The predicted molar refractivity (Wildman–Crippen MR) is 70.2 cm³/mol. The molecule has 0 heterocycles. The Hall–Kier alpha value is -1.07. The van der Waals surface area contributed by atoms with Crippen LogP contribution in [0, 0.1) is 0 Å². The van der Waals surface area contributed by atoms with E-state index in [1.165, 1.54) is 10.4 Å². The van der Waals surface area contributed by atoms with Crippen LogP contribution in [0.25, 0.3) is 0 Å². The maximum Gasteiger partial charge on any atom is 0.243 e. The van der Waals surface area contributed by atoms with Gasteiger partial charge in [-0.1, -0.05) is 19.9 Å². The minimum absolute atomic E-state index is 0.277. The third-order valence-corrected chi connectivity index (χ3v) is 4.34. The predicted octanol–water partition coefficient (Wildman–Crippen LogP) is 2.08. The lowest BCUT2D eigenvalue weighted by Gasteiger charge is -2.21. The Labute approximate surface area is 103 Å². The van der Waals surface area contributed by atoms with Crippen LogP contribution in [0.1, 0.15) is 26.7 Å². The quantitative estimate of drug-likeness (QED) is 0.793. The van der Waals surface area contributed by atoms with Crippen LogP contribution in [0.5, 0.6) is 0 Å². The first-order valence-electron chi connectivity index (χ1n) is 5.88. The number of nitrogens with two attached hydrogens (primary N) is 1. The molecule has 0 radical (unpaired) electrons. The largest absolute Gasteiger partial charge is 0.399 e. The highest BCUT2D eigenvalue weighted by Gasteiger charge is 2.22. The van der Waals surface area contributed by atoms with Gasteiger partial charge in [-0.05, 0) is 31.0 Å². The van der Waals surface area contributed by atoms with Gasteiger partial charge in [0.25, 0.3) is 0 Å². The average Bonchev–Trinajstić information content (AvgIpc) is 2.29. The van der Waals surface area contributed by atoms with Gasteiger partial charge < -0.3 is 5.73 Å². The van der Waals surface area contributed by atoms with Gasteiger partial charge in [-0.15, -0.1) is 0 Å². The Bertz CT molecular complexity index is 451. The third kappa shape index (κ3) is 3.44. The fraction of sp³-hybridized carbons (Fsp3) is 0.500. The zero-order valence-corrected chi connectivity index (χ0v) is 11.2. The van der Waals surface area contributed by atoms with E-state index >= 15 is 0 Å². The number of hydrogen-bond donors (Lipinski definition) is 1. The van der Waals surface area contributed by atoms with Crippen molar-refractivity contribution in [1.82, 2.24) is 4.31 Å². The molecular formula is C12H20N2O2S. The number of benzene rings is 1. The van der Waals surface area contributed by atoms with Crippen molar-refractivity contribution in [3.05, 3.63) is 24.3 Å². The Morgan fingerprint density at radius 1 is 1.18 bits per heavy atom.